The van der Waals surface area contributed by atoms with Crippen molar-refractivity contribution in [1.82, 2.24) is 0 Å². The van der Waals surface area contributed by atoms with E-state index in [0.717, 1.165) is 19.3 Å². The van der Waals surface area contributed by atoms with Crippen molar-refractivity contribution in [2.75, 3.05) is 5.32 Å². The van der Waals surface area contributed by atoms with E-state index < -0.39 is 6.61 Å². The number of ether oxygens (including phenoxy) is 1. The topological polar surface area (TPSA) is 38.3 Å². The summed E-state index contributed by atoms with van der Waals surface area (Å²) >= 11 is 0. The van der Waals surface area contributed by atoms with E-state index in [1.165, 1.54) is 42.5 Å². The number of hydrogen-bond acceptors (Lipinski definition) is 2. The summed E-state index contributed by atoms with van der Waals surface area (Å²) in [6.45, 7) is -0.744. The summed E-state index contributed by atoms with van der Waals surface area (Å²) in [6, 6.07) is 15.1. The van der Waals surface area contributed by atoms with Crippen LogP contribution >= 0.6 is 0 Å². The second kappa shape index (κ2) is 7.07. The van der Waals surface area contributed by atoms with Gasteiger partial charge in [-0.3, -0.25) is 4.79 Å². The van der Waals surface area contributed by atoms with E-state index in [1.807, 2.05) is 0 Å². The van der Waals surface area contributed by atoms with Crippen molar-refractivity contribution < 1.29 is 18.3 Å². The molecule has 0 radical (unpaired) electrons. The molecule has 4 aliphatic carbocycles. The molecule has 0 heterocycles. The van der Waals surface area contributed by atoms with Crippen molar-refractivity contribution in [3.63, 3.8) is 0 Å². The number of alkyl halides is 2. The second-order valence-corrected chi connectivity index (χ2v) is 9.74. The maximum atomic E-state index is 13.5. The molecule has 30 heavy (non-hydrogen) atoms. The van der Waals surface area contributed by atoms with Crippen LogP contribution in [-0.4, -0.2) is 12.5 Å². The minimum absolute atomic E-state index is 0.0793. The summed E-state index contributed by atoms with van der Waals surface area (Å²) in [5, 5.41) is 3.08. The summed E-state index contributed by atoms with van der Waals surface area (Å²) in [5.41, 5.74) is 3.03. The van der Waals surface area contributed by atoms with Crippen LogP contribution in [0, 0.1) is 24.2 Å². The third kappa shape index (κ3) is 3.38. The first-order valence-electron chi connectivity index (χ1n) is 10.8. The number of rotatable bonds is 5. The lowest BCUT2D eigenvalue weighted by Crippen LogP contribution is -2.57. The normalized spacial score (nSPS) is 31.7. The number of aryl methyl sites for hydroxylation is 1. The fraction of sp³-hybridized carbons (Fsp3) is 0.480. The van der Waals surface area contributed by atoms with Gasteiger partial charge in [-0.1, -0.05) is 29.8 Å². The van der Waals surface area contributed by atoms with E-state index >= 15 is 0 Å². The second-order valence-electron chi connectivity index (χ2n) is 9.74. The van der Waals surface area contributed by atoms with Gasteiger partial charge in [0.15, 0.2) is 0 Å². The number of carbonyl (C=O) groups excluding carboxylic acids is 1. The lowest BCUT2D eigenvalue weighted by Gasteiger charge is -2.61. The smallest absolute Gasteiger partial charge is 0.387 e. The Morgan fingerprint density at radius 3 is 2.23 bits per heavy atom. The van der Waals surface area contributed by atoms with Gasteiger partial charge in [0.25, 0.3) is 0 Å². The molecule has 4 atom stereocenters. The highest BCUT2D eigenvalue weighted by atomic mass is 19.3. The minimum atomic E-state index is -2.85. The average molecular weight is 411 g/mol. The van der Waals surface area contributed by atoms with Gasteiger partial charge >= 0.3 is 6.61 Å². The van der Waals surface area contributed by atoms with Crippen LogP contribution in [0.4, 0.5) is 14.5 Å². The standard InChI is InChI=1S/C25H27F2NO2/c1-16-2-4-19(5-3-16)24-11-17-10-18(12-24)14-25(13-17,15-24)22(29)28-20-6-8-21(9-7-20)30-23(26)27/h2-9,17-18,23H,10-15H2,1H3,(H,28,29)/t17-,18+,24?,25?. The van der Waals surface area contributed by atoms with E-state index in [0.29, 0.717) is 17.5 Å². The molecule has 1 amide bonds. The summed E-state index contributed by atoms with van der Waals surface area (Å²) in [4.78, 5) is 13.5. The van der Waals surface area contributed by atoms with E-state index in [2.05, 4.69) is 41.2 Å². The van der Waals surface area contributed by atoms with Gasteiger partial charge in [0.2, 0.25) is 5.91 Å². The molecule has 158 valence electrons. The SMILES string of the molecule is Cc1ccc(C23C[C@@H]4C[C@@H](CC(C(=O)Nc5ccc(OC(F)F)cc5)(C4)C2)C3)cc1. The molecule has 4 fully saturated rings. The zero-order valence-electron chi connectivity index (χ0n) is 17.2. The number of halogens is 2. The van der Waals surface area contributed by atoms with Gasteiger partial charge in [-0.15, -0.1) is 0 Å². The molecule has 0 saturated heterocycles. The molecule has 3 nitrogen and oxygen atoms in total. The molecule has 2 aromatic rings. The fourth-order valence-corrected chi connectivity index (χ4v) is 6.76. The van der Waals surface area contributed by atoms with Crippen LogP contribution in [0.2, 0.25) is 0 Å². The Morgan fingerprint density at radius 2 is 1.63 bits per heavy atom. The van der Waals surface area contributed by atoms with Gasteiger partial charge in [0.1, 0.15) is 5.75 Å². The highest BCUT2D eigenvalue weighted by Crippen LogP contribution is 2.66. The van der Waals surface area contributed by atoms with Crippen molar-refractivity contribution in [3.8, 4) is 5.75 Å². The Bertz CT molecular complexity index is 925. The first-order valence-corrected chi connectivity index (χ1v) is 10.8. The molecule has 4 aliphatic rings. The predicted molar refractivity (Wildman–Crippen MR) is 112 cm³/mol. The molecule has 4 bridgehead atoms. The van der Waals surface area contributed by atoms with Crippen LogP contribution in [0.15, 0.2) is 48.5 Å². The molecular weight excluding hydrogens is 384 g/mol. The first kappa shape index (κ1) is 19.5. The molecule has 4 saturated carbocycles. The van der Waals surface area contributed by atoms with Gasteiger partial charge in [0.05, 0.1) is 5.41 Å². The van der Waals surface area contributed by atoms with Gasteiger partial charge in [-0.25, -0.2) is 0 Å². The maximum Gasteiger partial charge on any atom is 0.387 e. The first-order chi connectivity index (χ1) is 14.4. The van der Waals surface area contributed by atoms with Gasteiger partial charge in [0, 0.05) is 5.69 Å². The molecule has 1 N–H and O–H groups in total. The van der Waals surface area contributed by atoms with E-state index in [-0.39, 0.29) is 22.5 Å². The number of benzene rings is 2. The van der Waals surface area contributed by atoms with Crippen LogP contribution in [0.1, 0.15) is 49.7 Å². The fourth-order valence-electron chi connectivity index (χ4n) is 6.76. The molecule has 0 aliphatic heterocycles. The monoisotopic (exact) mass is 411 g/mol. The number of nitrogens with one attached hydrogen (secondary N) is 1. The lowest BCUT2D eigenvalue weighted by atomic mass is 9.42. The minimum Gasteiger partial charge on any atom is -0.435 e. The molecular formula is C25H27F2NO2. The summed E-state index contributed by atoms with van der Waals surface area (Å²) < 4.78 is 29.1. The third-order valence-electron chi connectivity index (χ3n) is 7.54. The Labute approximate surface area is 175 Å². The van der Waals surface area contributed by atoms with Crippen molar-refractivity contribution >= 4 is 11.6 Å². The summed E-state index contributed by atoms with van der Waals surface area (Å²) in [6.07, 6.45) is 6.41. The van der Waals surface area contributed by atoms with Crippen molar-refractivity contribution in [2.24, 2.45) is 17.3 Å². The molecule has 0 spiro atoms. The Kier molecular flexibility index (Phi) is 4.60. The largest absolute Gasteiger partial charge is 0.435 e. The van der Waals surface area contributed by atoms with Crippen molar-refractivity contribution in [3.05, 3.63) is 59.7 Å². The highest BCUT2D eigenvalue weighted by Gasteiger charge is 2.60. The molecule has 2 unspecified atom stereocenters. The van der Waals surface area contributed by atoms with Crippen LogP contribution in [0.25, 0.3) is 0 Å². The van der Waals surface area contributed by atoms with Crippen molar-refractivity contribution in [1.29, 1.82) is 0 Å². The number of anilines is 1. The van der Waals surface area contributed by atoms with Crippen LogP contribution in [0.3, 0.4) is 0 Å². The van der Waals surface area contributed by atoms with E-state index in [1.54, 1.807) is 12.1 Å². The molecule has 2 aromatic carbocycles. The average Bonchev–Trinajstić information content (AvgIpc) is 2.68. The van der Waals surface area contributed by atoms with Crippen molar-refractivity contribution in [2.45, 2.75) is 57.5 Å². The zero-order valence-corrected chi connectivity index (χ0v) is 17.2. The quantitative estimate of drug-likeness (QED) is 0.648. The van der Waals surface area contributed by atoms with Gasteiger partial charge < -0.3 is 10.1 Å². The maximum absolute atomic E-state index is 13.5. The number of carbonyl (C=O) groups is 1. The number of hydrogen-bond donors (Lipinski definition) is 1. The van der Waals surface area contributed by atoms with Crippen LogP contribution < -0.4 is 10.1 Å². The van der Waals surface area contributed by atoms with E-state index in [4.69, 9.17) is 0 Å². The lowest BCUT2D eigenvalue weighted by molar-refractivity contribution is -0.143. The summed E-state index contributed by atoms with van der Waals surface area (Å²) in [5.74, 6) is 1.37. The zero-order chi connectivity index (χ0) is 20.9. The summed E-state index contributed by atoms with van der Waals surface area (Å²) in [7, 11) is 0. The third-order valence-corrected chi connectivity index (χ3v) is 7.54. The van der Waals surface area contributed by atoms with Crippen LogP contribution in [0.5, 0.6) is 5.75 Å². The Balaban J connectivity index is 1.38. The Hall–Kier alpha value is -2.43. The predicted octanol–water partition coefficient (Wildman–Crippen LogP) is 6.07. The highest BCUT2D eigenvalue weighted by molar-refractivity contribution is 5.96. The Morgan fingerprint density at radius 1 is 1.00 bits per heavy atom. The number of amides is 1. The molecule has 6 rings (SSSR count). The van der Waals surface area contributed by atoms with Gasteiger partial charge in [-0.05, 0) is 92.5 Å². The van der Waals surface area contributed by atoms with Crippen LogP contribution in [-0.2, 0) is 10.2 Å². The van der Waals surface area contributed by atoms with Gasteiger partial charge in [-0.2, -0.15) is 8.78 Å². The molecule has 5 heteroatoms. The molecule has 0 aromatic heterocycles. The van der Waals surface area contributed by atoms with E-state index in [9.17, 15) is 13.6 Å².